The molecule has 6 nitrogen and oxygen atoms in total. The molecular weight excluding hydrogens is 440 g/mol. The molecular formula is C26H23ClN2O4. The number of hydrogen-bond donors (Lipinski definition) is 1. The van der Waals surface area contributed by atoms with Crippen LogP contribution in [0, 0.1) is 6.92 Å². The molecule has 1 N–H and O–H groups in total. The molecule has 1 aromatic heterocycles. The van der Waals surface area contributed by atoms with Crippen molar-refractivity contribution in [3.05, 3.63) is 94.3 Å². The quantitative estimate of drug-likeness (QED) is 0.309. The molecule has 1 unspecified atom stereocenters. The van der Waals surface area contributed by atoms with Crippen molar-refractivity contribution in [1.82, 2.24) is 4.98 Å². The van der Waals surface area contributed by atoms with E-state index in [0.29, 0.717) is 27.6 Å². The highest BCUT2D eigenvalue weighted by molar-refractivity contribution is 6.52. The maximum absolute atomic E-state index is 13.2. The molecule has 7 heteroatoms. The van der Waals surface area contributed by atoms with Gasteiger partial charge in [-0.1, -0.05) is 17.7 Å². The number of aliphatic hydroxyl groups excluding tert-OH is 1. The van der Waals surface area contributed by atoms with E-state index in [0.717, 1.165) is 5.56 Å². The van der Waals surface area contributed by atoms with E-state index in [1.807, 2.05) is 20.8 Å². The number of hydrogen-bond acceptors (Lipinski definition) is 5. The third kappa shape index (κ3) is 4.34. The summed E-state index contributed by atoms with van der Waals surface area (Å²) in [4.78, 5) is 31.9. The predicted octanol–water partition coefficient (Wildman–Crippen LogP) is 5.46. The maximum atomic E-state index is 13.2. The number of rotatable bonds is 5. The summed E-state index contributed by atoms with van der Waals surface area (Å²) in [5, 5.41) is 11.6. The lowest BCUT2D eigenvalue weighted by molar-refractivity contribution is -0.132. The van der Waals surface area contributed by atoms with Gasteiger partial charge in [-0.3, -0.25) is 19.5 Å². The Morgan fingerprint density at radius 3 is 2.36 bits per heavy atom. The Labute approximate surface area is 197 Å². The molecule has 0 radical (unpaired) electrons. The second-order valence-electron chi connectivity index (χ2n) is 8.07. The molecule has 0 aliphatic carbocycles. The van der Waals surface area contributed by atoms with E-state index in [2.05, 4.69) is 4.98 Å². The molecule has 2 heterocycles. The lowest BCUT2D eigenvalue weighted by Gasteiger charge is -2.26. The number of ether oxygens (including phenoxy) is 1. The number of carbonyl (C=O) groups is 2. The molecule has 33 heavy (non-hydrogen) atoms. The summed E-state index contributed by atoms with van der Waals surface area (Å²) in [6.45, 7) is 5.67. The summed E-state index contributed by atoms with van der Waals surface area (Å²) >= 11 is 6.21. The average molecular weight is 463 g/mol. The molecule has 1 saturated heterocycles. The van der Waals surface area contributed by atoms with Crippen molar-refractivity contribution >= 4 is 34.7 Å². The highest BCUT2D eigenvalue weighted by Crippen LogP contribution is 2.43. The second kappa shape index (κ2) is 9.08. The zero-order valence-corrected chi connectivity index (χ0v) is 19.2. The number of amides is 1. The summed E-state index contributed by atoms with van der Waals surface area (Å²) in [7, 11) is 0. The van der Waals surface area contributed by atoms with Gasteiger partial charge in [0.05, 0.1) is 17.7 Å². The van der Waals surface area contributed by atoms with E-state index in [4.69, 9.17) is 16.3 Å². The molecule has 0 bridgehead atoms. The van der Waals surface area contributed by atoms with Crippen molar-refractivity contribution in [2.45, 2.75) is 32.9 Å². The second-order valence-corrected chi connectivity index (χ2v) is 8.51. The number of pyridine rings is 1. The number of benzene rings is 2. The summed E-state index contributed by atoms with van der Waals surface area (Å²) in [5.41, 5.74) is 2.33. The van der Waals surface area contributed by atoms with E-state index < -0.39 is 17.7 Å². The number of halogens is 1. The Bertz CT molecular complexity index is 1240. The first-order valence-corrected chi connectivity index (χ1v) is 10.9. The molecule has 1 atom stereocenters. The fourth-order valence-electron chi connectivity index (χ4n) is 3.90. The van der Waals surface area contributed by atoms with Gasteiger partial charge in [0.1, 0.15) is 11.5 Å². The molecule has 3 aromatic rings. The van der Waals surface area contributed by atoms with Crippen LogP contribution in [0.3, 0.4) is 0 Å². The van der Waals surface area contributed by atoms with Gasteiger partial charge in [0.15, 0.2) is 0 Å². The number of aromatic nitrogens is 1. The monoisotopic (exact) mass is 462 g/mol. The lowest BCUT2D eigenvalue weighted by atomic mass is 9.95. The van der Waals surface area contributed by atoms with Crippen LogP contribution in [-0.2, 0) is 9.59 Å². The van der Waals surface area contributed by atoms with Gasteiger partial charge in [0, 0.05) is 28.7 Å². The van der Waals surface area contributed by atoms with Gasteiger partial charge in [0.2, 0.25) is 0 Å². The van der Waals surface area contributed by atoms with E-state index in [9.17, 15) is 14.7 Å². The fraction of sp³-hybridized carbons (Fsp3) is 0.192. The Hall–Kier alpha value is -3.64. The summed E-state index contributed by atoms with van der Waals surface area (Å²) in [6, 6.07) is 14.5. The van der Waals surface area contributed by atoms with Crippen LogP contribution < -0.4 is 9.64 Å². The zero-order chi connectivity index (χ0) is 23.7. The Morgan fingerprint density at radius 1 is 1.06 bits per heavy atom. The largest absolute Gasteiger partial charge is 0.507 e. The standard InChI is InChI=1S/C26H23ClN2O4/c1-15(2)33-20-8-5-18(6-9-20)24(30)22-23(17-10-12-28-13-11-17)29(26(32)25(22)31)21-14-19(27)7-4-16(21)3/h4-15,23,30H,1-3H3/b24-22+. The minimum atomic E-state index is -0.836. The molecule has 1 amide bonds. The minimum absolute atomic E-state index is 0.00222. The third-order valence-electron chi connectivity index (χ3n) is 5.40. The van der Waals surface area contributed by atoms with Gasteiger partial charge < -0.3 is 9.84 Å². The van der Waals surface area contributed by atoms with Crippen LogP contribution in [0.2, 0.25) is 5.02 Å². The van der Waals surface area contributed by atoms with Crippen molar-refractivity contribution < 1.29 is 19.4 Å². The molecule has 0 spiro atoms. The topological polar surface area (TPSA) is 79.7 Å². The highest BCUT2D eigenvalue weighted by atomic mass is 35.5. The van der Waals surface area contributed by atoms with Crippen molar-refractivity contribution in [3.8, 4) is 5.75 Å². The number of Topliss-reactive ketones (excluding diaryl/α,β-unsaturated/α-hetero) is 1. The van der Waals surface area contributed by atoms with Crippen LogP contribution in [0.1, 0.15) is 36.6 Å². The van der Waals surface area contributed by atoms with Crippen molar-refractivity contribution in [1.29, 1.82) is 0 Å². The van der Waals surface area contributed by atoms with Crippen LogP contribution in [0.4, 0.5) is 5.69 Å². The molecule has 1 fully saturated rings. The predicted molar refractivity (Wildman–Crippen MR) is 127 cm³/mol. The van der Waals surface area contributed by atoms with Gasteiger partial charge in [-0.25, -0.2) is 0 Å². The molecule has 1 aliphatic heterocycles. The Kier molecular flexibility index (Phi) is 6.20. The summed E-state index contributed by atoms with van der Waals surface area (Å²) in [6.07, 6.45) is 3.17. The van der Waals surface area contributed by atoms with E-state index in [1.165, 1.54) is 4.90 Å². The minimum Gasteiger partial charge on any atom is -0.507 e. The fourth-order valence-corrected chi connectivity index (χ4v) is 4.07. The van der Waals surface area contributed by atoms with E-state index >= 15 is 0 Å². The summed E-state index contributed by atoms with van der Waals surface area (Å²) < 4.78 is 5.66. The summed E-state index contributed by atoms with van der Waals surface area (Å²) in [5.74, 6) is -1.12. The van der Waals surface area contributed by atoms with Crippen LogP contribution in [-0.4, -0.2) is 27.9 Å². The van der Waals surface area contributed by atoms with Crippen LogP contribution in [0.15, 0.2) is 72.6 Å². The Balaban J connectivity index is 1.88. The maximum Gasteiger partial charge on any atom is 0.300 e. The van der Waals surface area contributed by atoms with Gasteiger partial charge in [-0.15, -0.1) is 0 Å². The number of anilines is 1. The van der Waals surface area contributed by atoms with Crippen molar-refractivity contribution in [2.24, 2.45) is 0 Å². The van der Waals surface area contributed by atoms with Gasteiger partial charge in [0.25, 0.3) is 11.7 Å². The number of aliphatic hydroxyl groups is 1. The smallest absolute Gasteiger partial charge is 0.300 e. The number of carbonyl (C=O) groups excluding carboxylic acids is 2. The molecule has 168 valence electrons. The van der Waals surface area contributed by atoms with Gasteiger partial charge in [-0.05, 0) is 80.4 Å². The Morgan fingerprint density at radius 2 is 1.73 bits per heavy atom. The number of ketones is 1. The third-order valence-corrected chi connectivity index (χ3v) is 5.63. The number of nitrogens with zero attached hydrogens (tertiary/aromatic N) is 2. The van der Waals surface area contributed by atoms with Crippen LogP contribution in [0.5, 0.6) is 5.75 Å². The SMILES string of the molecule is Cc1ccc(Cl)cc1N1C(=O)C(=O)/C(=C(/O)c2ccc(OC(C)C)cc2)C1c1ccncc1. The van der Waals surface area contributed by atoms with Gasteiger partial charge >= 0.3 is 0 Å². The van der Waals surface area contributed by atoms with Crippen LogP contribution in [0.25, 0.3) is 5.76 Å². The normalized spacial score (nSPS) is 17.6. The lowest BCUT2D eigenvalue weighted by Crippen LogP contribution is -2.30. The molecule has 0 saturated carbocycles. The van der Waals surface area contributed by atoms with Crippen LogP contribution >= 0.6 is 11.6 Å². The average Bonchev–Trinajstić information content (AvgIpc) is 3.06. The van der Waals surface area contributed by atoms with Crippen molar-refractivity contribution in [3.63, 3.8) is 0 Å². The first-order valence-electron chi connectivity index (χ1n) is 10.5. The zero-order valence-electron chi connectivity index (χ0n) is 18.4. The molecule has 4 rings (SSSR count). The van der Waals surface area contributed by atoms with Crippen molar-refractivity contribution in [2.75, 3.05) is 4.90 Å². The highest BCUT2D eigenvalue weighted by Gasteiger charge is 2.47. The first-order chi connectivity index (χ1) is 15.8. The van der Waals surface area contributed by atoms with E-state index in [1.54, 1.807) is 67.0 Å². The number of aryl methyl sites for hydroxylation is 1. The molecule has 2 aromatic carbocycles. The first kappa shape index (κ1) is 22.6. The molecule has 1 aliphatic rings. The van der Waals surface area contributed by atoms with Gasteiger partial charge in [-0.2, -0.15) is 0 Å². The van der Waals surface area contributed by atoms with E-state index in [-0.39, 0.29) is 17.4 Å².